The molecule has 0 saturated carbocycles. The summed E-state index contributed by atoms with van der Waals surface area (Å²) >= 11 is 0. The number of nitrogens with zero attached hydrogens (tertiary/aromatic N) is 1. The summed E-state index contributed by atoms with van der Waals surface area (Å²) in [6.45, 7) is 1.74. The van der Waals surface area contributed by atoms with Crippen molar-refractivity contribution >= 4 is 21.6 Å². The SMILES string of the molecule is CC(NC(=O)c1cc(-c2ccco2)on1)c1ccccc1NS(C)(=O)=O. The molecule has 0 radical (unpaired) electrons. The molecule has 0 bridgehead atoms. The molecule has 0 fully saturated rings. The molecule has 0 saturated heterocycles. The number of amides is 1. The largest absolute Gasteiger partial charge is 0.461 e. The van der Waals surface area contributed by atoms with Crippen molar-refractivity contribution in [2.24, 2.45) is 0 Å². The second kappa shape index (κ2) is 7.04. The summed E-state index contributed by atoms with van der Waals surface area (Å²) in [6, 6.07) is 11.2. The molecule has 1 unspecified atom stereocenters. The second-order valence-electron chi connectivity index (χ2n) is 5.71. The van der Waals surface area contributed by atoms with E-state index in [1.54, 1.807) is 43.3 Å². The minimum atomic E-state index is -3.44. The average Bonchev–Trinajstić information content (AvgIpc) is 3.25. The first-order chi connectivity index (χ1) is 12.3. The van der Waals surface area contributed by atoms with Crippen molar-refractivity contribution < 1.29 is 22.2 Å². The van der Waals surface area contributed by atoms with Crippen molar-refractivity contribution in [3.63, 3.8) is 0 Å². The number of furan rings is 1. The van der Waals surface area contributed by atoms with Gasteiger partial charge in [0.15, 0.2) is 11.5 Å². The molecule has 3 aromatic rings. The summed E-state index contributed by atoms with van der Waals surface area (Å²) in [6.07, 6.45) is 2.56. The monoisotopic (exact) mass is 375 g/mol. The molecule has 2 N–H and O–H groups in total. The van der Waals surface area contributed by atoms with Crippen LogP contribution in [-0.2, 0) is 10.0 Å². The van der Waals surface area contributed by atoms with Gasteiger partial charge < -0.3 is 14.3 Å². The Balaban J connectivity index is 1.76. The number of sulfonamides is 1. The fraction of sp³-hybridized carbons (Fsp3) is 0.176. The molecular formula is C17H17N3O5S. The van der Waals surface area contributed by atoms with Crippen molar-refractivity contribution in [1.82, 2.24) is 10.5 Å². The number of aromatic nitrogens is 1. The molecule has 0 aliphatic carbocycles. The van der Waals surface area contributed by atoms with Gasteiger partial charge in [-0.3, -0.25) is 9.52 Å². The Kier molecular flexibility index (Phi) is 4.81. The van der Waals surface area contributed by atoms with Crippen LogP contribution in [0.3, 0.4) is 0 Å². The number of carbonyl (C=O) groups excluding carboxylic acids is 1. The highest BCUT2D eigenvalue weighted by atomic mass is 32.2. The highest BCUT2D eigenvalue weighted by Gasteiger charge is 2.19. The van der Waals surface area contributed by atoms with Gasteiger partial charge in [-0.2, -0.15) is 0 Å². The van der Waals surface area contributed by atoms with E-state index < -0.39 is 22.0 Å². The Morgan fingerprint density at radius 2 is 1.92 bits per heavy atom. The molecular weight excluding hydrogens is 358 g/mol. The van der Waals surface area contributed by atoms with Gasteiger partial charge in [0.05, 0.1) is 24.2 Å². The molecule has 0 aliphatic rings. The molecule has 3 rings (SSSR count). The van der Waals surface area contributed by atoms with Gasteiger partial charge in [0.2, 0.25) is 15.8 Å². The Morgan fingerprint density at radius 3 is 2.62 bits per heavy atom. The summed E-state index contributed by atoms with van der Waals surface area (Å²) < 4.78 is 35.8. The first-order valence-electron chi connectivity index (χ1n) is 7.71. The van der Waals surface area contributed by atoms with Crippen LogP contribution in [0.2, 0.25) is 0 Å². The van der Waals surface area contributed by atoms with Crippen molar-refractivity contribution in [3.8, 4) is 11.5 Å². The fourth-order valence-corrected chi connectivity index (χ4v) is 3.02. The standard InChI is InChI=1S/C17H17N3O5S/c1-11(12-6-3-4-7-13(12)20-26(2,22)23)18-17(21)14-10-16(25-19-14)15-8-5-9-24-15/h3-11,20H,1-2H3,(H,18,21). The predicted octanol–water partition coefficient (Wildman–Crippen LogP) is 2.80. The Hall–Kier alpha value is -3.07. The zero-order valence-corrected chi connectivity index (χ0v) is 14.9. The molecule has 2 heterocycles. The van der Waals surface area contributed by atoms with Crippen LogP contribution in [0.5, 0.6) is 0 Å². The molecule has 1 amide bonds. The van der Waals surface area contributed by atoms with Crippen molar-refractivity contribution in [2.75, 3.05) is 11.0 Å². The van der Waals surface area contributed by atoms with Crippen molar-refractivity contribution in [3.05, 3.63) is 60.0 Å². The lowest BCUT2D eigenvalue weighted by molar-refractivity contribution is 0.0931. The average molecular weight is 375 g/mol. The number of carbonyl (C=O) groups is 1. The first kappa shape index (κ1) is 17.7. The van der Waals surface area contributed by atoms with Gasteiger partial charge in [-0.05, 0) is 30.7 Å². The van der Waals surface area contributed by atoms with Gasteiger partial charge in [0, 0.05) is 6.07 Å². The van der Waals surface area contributed by atoms with Crippen LogP contribution in [0.1, 0.15) is 29.0 Å². The molecule has 8 nitrogen and oxygen atoms in total. The molecule has 1 atom stereocenters. The lowest BCUT2D eigenvalue weighted by atomic mass is 10.1. The van der Waals surface area contributed by atoms with E-state index in [0.717, 1.165) is 6.26 Å². The molecule has 26 heavy (non-hydrogen) atoms. The number of rotatable bonds is 6. The lowest BCUT2D eigenvalue weighted by Crippen LogP contribution is -2.27. The van der Waals surface area contributed by atoms with Crippen LogP contribution >= 0.6 is 0 Å². The second-order valence-corrected chi connectivity index (χ2v) is 7.46. The highest BCUT2D eigenvalue weighted by molar-refractivity contribution is 7.92. The first-order valence-corrected chi connectivity index (χ1v) is 9.61. The van der Waals surface area contributed by atoms with Crippen LogP contribution in [-0.4, -0.2) is 25.7 Å². The van der Waals surface area contributed by atoms with Gasteiger partial charge >= 0.3 is 0 Å². The maximum Gasteiger partial charge on any atom is 0.273 e. The Bertz CT molecular complexity index is 1010. The van der Waals surface area contributed by atoms with Gasteiger partial charge in [-0.1, -0.05) is 23.4 Å². The quantitative estimate of drug-likeness (QED) is 0.685. The molecule has 0 spiro atoms. The highest BCUT2D eigenvalue weighted by Crippen LogP contribution is 2.24. The van der Waals surface area contributed by atoms with Crippen LogP contribution in [0, 0.1) is 0 Å². The number of para-hydroxylation sites is 1. The van der Waals surface area contributed by atoms with Gasteiger partial charge in [0.25, 0.3) is 5.91 Å². The zero-order valence-electron chi connectivity index (χ0n) is 14.1. The van der Waals surface area contributed by atoms with E-state index in [1.807, 2.05) is 0 Å². The third kappa shape index (κ3) is 4.12. The summed E-state index contributed by atoms with van der Waals surface area (Å²) in [4.78, 5) is 12.4. The van der Waals surface area contributed by atoms with E-state index in [4.69, 9.17) is 8.94 Å². The number of hydrogen-bond donors (Lipinski definition) is 2. The number of anilines is 1. The summed E-state index contributed by atoms with van der Waals surface area (Å²) in [5.41, 5.74) is 1.12. The molecule has 2 aromatic heterocycles. The molecule has 1 aromatic carbocycles. The Morgan fingerprint density at radius 1 is 1.15 bits per heavy atom. The van der Waals surface area contributed by atoms with E-state index in [2.05, 4.69) is 15.2 Å². The van der Waals surface area contributed by atoms with E-state index in [0.29, 0.717) is 22.8 Å². The summed E-state index contributed by atoms with van der Waals surface area (Å²) in [5.74, 6) is 0.354. The van der Waals surface area contributed by atoms with E-state index in [1.165, 1.54) is 12.3 Å². The van der Waals surface area contributed by atoms with Crippen LogP contribution < -0.4 is 10.0 Å². The molecule has 0 aliphatic heterocycles. The van der Waals surface area contributed by atoms with Crippen LogP contribution in [0.15, 0.2) is 57.7 Å². The predicted molar refractivity (Wildman–Crippen MR) is 95.0 cm³/mol. The van der Waals surface area contributed by atoms with E-state index in [-0.39, 0.29) is 5.69 Å². The Labute approximate surface area is 150 Å². The van der Waals surface area contributed by atoms with Crippen molar-refractivity contribution in [2.45, 2.75) is 13.0 Å². The third-order valence-corrected chi connectivity index (χ3v) is 4.17. The number of benzene rings is 1. The van der Waals surface area contributed by atoms with Gasteiger partial charge in [-0.15, -0.1) is 0 Å². The maximum absolute atomic E-state index is 12.4. The topological polar surface area (TPSA) is 114 Å². The lowest BCUT2D eigenvalue weighted by Gasteiger charge is -2.17. The maximum atomic E-state index is 12.4. The van der Waals surface area contributed by atoms with E-state index >= 15 is 0 Å². The van der Waals surface area contributed by atoms with Crippen LogP contribution in [0.4, 0.5) is 5.69 Å². The third-order valence-electron chi connectivity index (χ3n) is 3.58. The minimum absolute atomic E-state index is 0.0943. The molecule has 9 heteroatoms. The van der Waals surface area contributed by atoms with E-state index in [9.17, 15) is 13.2 Å². The van der Waals surface area contributed by atoms with Gasteiger partial charge in [0.1, 0.15) is 0 Å². The fourth-order valence-electron chi connectivity index (χ4n) is 2.43. The summed E-state index contributed by atoms with van der Waals surface area (Å²) in [5, 5.41) is 6.51. The smallest absolute Gasteiger partial charge is 0.273 e. The molecule has 136 valence electrons. The number of nitrogens with one attached hydrogen (secondary N) is 2. The summed E-state index contributed by atoms with van der Waals surface area (Å²) in [7, 11) is -3.44. The van der Waals surface area contributed by atoms with Gasteiger partial charge in [-0.25, -0.2) is 8.42 Å². The normalized spacial score (nSPS) is 12.5. The zero-order chi connectivity index (χ0) is 18.7. The number of hydrogen-bond acceptors (Lipinski definition) is 6. The van der Waals surface area contributed by atoms with Crippen LogP contribution in [0.25, 0.3) is 11.5 Å². The van der Waals surface area contributed by atoms with Crippen molar-refractivity contribution in [1.29, 1.82) is 0 Å². The minimum Gasteiger partial charge on any atom is -0.461 e.